The molecule has 0 bridgehead atoms. The van der Waals surface area contributed by atoms with E-state index in [0.29, 0.717) is 11.2 Å². The molecule has 1 saturated heterocycles. The van der Waals surface area contributed by atoms with E-state index in [1.165, 1.54) is 4.68 Å². The van der Waals surface area contributed by atoms with Crippen molar-refractivity contribution in [1.29, 1.82) is 0 Å². The number of nitrogens with one attached hydrogen (secondary N) is 2. The number of fused-ring (bicyclic) bond motifs is 1. The number of carbonyl (C=O) groups is 1. The average Bonchev–Trinajstić information content (AvgIpc) is 3.16. The van der Waals surface area contributed by atoms with Gasteiger partial charge in [0.05, 0.1) is 18.0 Å². The predicted molar refractivity (Wildman–Crippen MR) is 135 cm³/mol. The number of anilines is 3. The van der Waals surface area contributed by atoms with E-state index in [1.807, 2.05) is 51.1 Å². The number of benzene rings is 2. The number of piperidine rings is 1. The number of aromatic nitrogens is 2. The SMILES string of the molecule is CC(C)(C)OC(=O)n1ncc2cc(NC3CCCN(c4ccc(NS(C)(=O)=O)cc4)C3)ccc21. The van der Waals surface area contributed by atoms with Gasteiger partial charge in [0.1, 0.15) is 5.60 Å². The zero-order chi connectivity index (χ0) is 24.5. The van der Waals surface area contributed by atoms with Crippen LogP contribution < -0.4 is 14.9 Å². The van der Waals surface area contributed by atoms with E-state index in [0.717, 1.165) is 48.9 Å². The lowest BCUT2D eigenvalue weighted by Crippen LogP contribution is -2.42. The Labute approximate surface area is 200 Å². The zero-order valence-electron chi connectivity index (χ0n) is 19.9. The van der Waals surface area contributed by atoms with Crippen molar-refractivity contribution in [2.75, 3.05) is 34.3 Å². The van der Waals surface area contributed by atoms with E-state index in [-0.39, 0.29) is 6.04 Å². The fourth-order valence-corrected chi connectivity index (χ4v) is 4.66. The Morgan fingerprint density at radius 1 is 1.12 bits per heavy atom. The molecule has 1 atom stereocenters. The van der Waals surface area contributed by atoms with E-state index >= 15 is 0 Å². The van der Waals surface area contributed by atoms with Gasteiger partial charge in [0.2, 0.25) is 10.0 Å². The van der Waals surface area contributed by atoms with Crippen molar-refractivity contribution in [2.24, 2.45) is 0 Å². The topological polar surface area (TPSA) is 106 Å². The smallest absolute Gasteiger partial charge is 0.435 e. The van der Waals surface area contributed by atoms with Crippen LogP contribution in [0.2, 0.25) is 0 Å². The van der Waals surface area contributed by atoms with Crippen molar-refractivity contribution in [3.8, 4) is 0 Å². The zero-order valence-corrected chi connectivity index (χ0v) is 20.7. The molecule has 4 rings (SSSR count). The fraction of sp³-hybridized carbons (Fsp3) is 0.417. The second kappa shape index (κ2) is 9.17. The molecule has 1 aliphatic heterocycles. The second-order valence-corrected chi connectivity index (χ2v) is 11.4. The molecule has 1 aliphatic rings. The van der Waals surface area contributed by atoms with Crippen LogP contribution in [0.4, 0.5) is 21.9 Å². The monoisotopic (exact) mass is 485 g/mol. The molecule has 0 amide bonds. The third-order valence-corrected chi connectivity index (χ3v) is 6.07. The first kappa shape index (κ1) is 23.9. The third-order valence-electron chi connectivity index (χ3n) is 5.46. The molecule has 0 spiro atoms. The molecule has 3 aromatic rings. The Morgan fingerprint density at radius 2 is 1.82 bits per heavy atom. The van der Waals surface area contributed by atoms with E-state index in [9.17, 15) is 13.2 Å². The van der Waals surface area contributed by atoms with Gasteiger partial charge < -0.3 is 15.0 Å². The molecule has 1 aromatic heterocycles. The van der Waals surface area contributed by atoms with Gasteiger partial charge in [0.15, 0.2) is 0 Å². The molecule has 2 aromatic carbocycles. The maximum atomic E-state index is 12.4. The minimum absolute atomic E-state index is 0.251. The number of sulfonamides is 1. The van der Waals surface area contributed by atoms with E-state index < -0.39 is 21.7 Å². The molecule has 0 saturated carbocycles. The molecule has 2 N–H and O–H groups in total. The number of hydrogen-bond acceptors (Lipinski definition) is 7. The fourth-order valence-electron chi connectivity index (χ4n) is 4.09. The molecular weight excluding hydrogens is 454 g/mol. The highest BCUT2D eigenvalue weighted by molar-refractivity contribution is 7.92. The van der Waals surface area contributed by atoms with Gasteiger partial charge in [-0.15, -0.1) is 0 Å². The normalized spacial score (nSPS) is 16.9. The molecule has 182 valence electrons. The summed E-state index contributed by atoms with van der Waals surface area (Å²) in [5, 5.41) is 8.68. The minimum Gasteiger partial charge on any atom is -0.442 e. The summed E-state index contributed by atoms with van der Waals surface area (Å²) < 4.78 is 32.0. The first-order valence-corrected chi connectivity index (χ1v) is 13.2. The minimum atomic E-state index is -3.29. The summed E-state index contributed by atoms with van der Waals surface area (Å²) >= 11 is 0. The van der Waals surface area contributed by atoms with Gasteiger partial charge in [-0.05, 0) is 76.1 Å². The van der Waals surface area contributed by atoms with Crippen molar-refractivity contribution in [3.63, 3.8) is 0 Å². The summed E-state index contributed by atoms with van der Waals surface area (Å²) in [6.07, 6.45) is 4.40. The molecule has 0 radical (unpaired) electrons. The molecule has 1 unspecified atom stereocenters. The Bertz CT molecular complexity index is 1280. The highest BCUT2D eigenvalue weighted by Gasteiger charge is 2.22. The highest BCUT2D eigenvalue weighted by Crippen LogP contribution is 2.26. The van der Waals surface area contributed by atoms with Crippen LogP contribution in [0.3, 0.4) is 0 Å². The Balaban J connectivity index is 1.42. The average molecular weight is 486 g/mol. The number of nitrogens with zero attached hydrogens (tertiary/aromatic N) is 3. The van der Waals surface area contributed by atoms with Crippen LogP contribution >= 0.6 is 0 Å². The van der Waals surface area contributed by atoms with Crippen LogP contribution in [0.25, 0.3) is 10.9 Å². The van der Waals surface area contributed by atoms with Crippen LogP contribution in [0, 0.1) is 0 Å². The van der Waals surface area contributed by atoms with Crippen LogP contribution in [0.5, 0.6) is 0 Å². The van der Waals surface area contributed by atoms with Crippen LogP contribution in [-0.2, 0) is 14.8 Å². The number of ether oxygens (including phenoxy) is 1. The molecular formula is C24H31N5O4S. The van der Waals surface area contributed by atoms with E-state index in [1.54, 1.807) is 18.3 Å². The Morgan fingerprint density at radius 3 is 2.50 bits per heavy atom. The number of carbonyl (C=O) groups excluding carboxylic acids is 1. The summed E-state index contributed by atoms with van der Waals surface area (Å²) in [6.45, 7) is 7.25. The maximum absolute atomic E-state index is 12.4. The Kier molecular flexibility index (Phi) is 6.44. The summed E-state index contributed by atoms with van der Waals surface area (Å²) in [6, 6.07) is 13.5. The largest absolute Gasteiger partial charge is 0.442 e. The van der Waals surface area contributed by atoms with Crippen molar-refractivity contribution in [1.82, 2.24) is 9.78 Å². The van der Waals surface area contributed by atoms with Crippen LogP contribution in [0.1, 0.15) is 33.6 Å². The second-order valence-electron chi connectivity index (χ2n) is 9.66. The Hall–Kier alpha value is -3.27. The van der Waals surface area contributed by atoms with Gasteiger partial charge in [-0.1, -0.05) is 0 Å². The van der Waals surface area contributed by atoms with Gasteiger partial charge >= 0.3 is 6.09 Å². The van der Waals surface area contributed by atoms with Gasteiger partial charge in [-0.2, -0.15) is 9.78 Å². The van der Waals surface area contributed by atoms with Crippen molar-refractivity contribution in [2.45, 2.75) is 45.3 Å². The van der Waals surface area contributed by atoms with Gasteiger partial charge in [0.25, 0.3) is 0 Å². The van der Waals surface area contributed by atoms with Crippen LogP contribution in [-0.4, -0.2) is 55.3 Å². The van der Waals surface area contributed by atoms with Crippen molar-refractivity contribution < 1.29 is 17.9 Å². The first-order valence-electron chi connectivity index (χ1n) is 11.3. The van der Waals surface area contributed by atoms with Gasteiger partial charge in [-0.3, -0.25) is 4.72 Å². The van der Waals surface area contributed by atoms with Gasteiger partial charge in [0, 0.05) is 41.6 Å². The standard InChI is InChI=1S/C24H31N5O4S/c1-24(2,3)33-23(30)29-22-12-9-19(14-17(22)15-25-29)26-20-6-5-13-28(16-20)21-10-7-18(8-11-21)27-34(4,31)32/h7-12,14-15,20,26-27H,5-6,13,16H2,1-4H3. The molecule has 9 nitrogen and oxygen atoms in total. The summed E-state index contributed by atoms with van der Waals surface area (Å²) in [4.78, 5) is 14.7. The molecule has 0 aliphatic carbocycles. The predicted octanol–water partition coefficient (Wildman–Crippen LogP) is 4.27. The van der Waals surface area contributed by atoms with Crippen molar-refractivity contribution in [3.05, 3.63) is 48.7 Å². The third kappa shape index (κ3) is 5.99. The lowest BCUT2D eigenvalue weighted by molar-refractivity contribution is 0.0522. The lowest BCUT2D eigenvalue weighted by Gasteiger charge is -2.35. The summed E-state index contributed by atoms with van der Waals surface area (Å²) in [5.74, 6) is 0. The quantitative estimate of drug-likeness (QED) is 0.556. The molecule has 2 heterocycles. The summed E-state index contributed by atoms with van der Waals surface area (Å²) in [7, 11) is -3.29. The first-order chi connectivity index (χ1) is 16.0. The van der Waals surface area contributed by atoms with E-state index in [4.69, 9.17) is 4.74 Å². The van der Waals surface area contributed by atoms with Gasteiger partial charge in [-0.25, -0.2) is 13.2 Å². The molecule has 1 fully saturated rings. The summed E-state index contributed by atoms with van der Waals surface area (Å²) in [5.41, 5.74) is 2.69. The molecule has 34 heavy (non-hydrogen) atoms. The van der Waals surface area contributed by atoms with E-state index in [2.05, 4.69) is 20.0 Å². The highest BCUT2D eigenvalue weighted by atomic mass is 32.2. The molecule has 10 heteroatoms. The lowest BCUT2D eigenvalue weighted by atomic mass is 10.0. The van der Waals surface area contributed by atoms with Crippen molar-refractivity contribution >= 4 is 44.1 Å². The maximum Gasteiger partial charge on any atom is 0.435 e. The number of hydrogen-bond donors (Lipinski definition) is 2. The van der Waals surface area contributed by atoms with Crippen LogP contribution in [0.15, 0.2) is 48.7 Å². The number of rotatable bonds is 5.